The summed E-state index contributed by atoms with van der Waals surface area (Å²) in [5.74, 6) is -0.830. The molecular weight excluding hydrogens is 319 g/mol. The van der Waals surface area contributed by atoms with Gasteiger partial charge in [0.25, 0.3) is 0 Å². The van der Waals surface area contributed by atoms with Crippen molar-refractivity contribution in [3.63, 3.8) is 0 Å². The van der Waals surface area contributed by atoms with Gasteiger partial charge >= 0.3 is 0 Å². The number of carbonyl (C=O) groups excluding carboxylic acids is 2. The second kappa shape index (κ2) is 7.74. The maximum atomic E-state index is 13.0. The zero-order chi connectivity index (χ0) is 16.8. The summed E-state index contributed by atoms with van der Waals surface area (Å²) >= 11 is 5.86. The number of hydrogen-bond donors (Lipinski definition) is 1. The lowest BCUT2D eigenvalue weighted by atomic mass is 10.2. The molecule has 4 nitrogen and oxygen atoms in total. The van der Waals surface area contributed by atoms with Crippen LogP contribution in [0.15, 0.2) is 48.5 Å². The summed E-state index contributed by atoms with van der Waals surface area (Å²) in [4.78, 5) is 25.1. The van der Waals surface area contributed by atoms with Gasteiger partial charge in [0.05, 0.1) is 0 Å². The van der Waals surface area contributed by atoms with Crippen molar-refractivity contribution in [2.24, 2.45) is 0 Å². The Morgan fingerprint density at radius 3 is 2.48 bits per heavy atom. The Morgan fingerprint density at radius 2 is 1.87 bits per heavy atom. The Bertz CT molecular complexity index is 704. The van der Waals surface area contributed by atoms with E-state index < -0.39 is 0 Å². The molecule has 2 amide bonds. The molecule has 0 bridgehead atoms. The molecule has 23 heavy (non-hydrogen) atoms. The zero-order valence-electron chi connectivity index (χ0n) is 12.6. The molecule has 2 aromatic carbocycles. The summed E-state index contributed by atoms with van der Waals surface area (Å²) in [5, 5.41) is 3.24. The summed E-state index contributed by atoms with van der Waals surface area (Å²) in [7, 11) is 0. The summed E-state index contributed by atoms with van der Waals surface area (Å²) in [6.07, 6.45) is 0.115. The van der Waals surface area contributed by atoms with Crippen LogP contribution < -0.4 is 10.2 Å². The van der Waals surface area contributed by atoms with Gasteiger partial charge in [0.1, 0.15) is 5.82 Å². The van der Waals surface area contributed by atoms with Gasteiger partial charge in [0.2, 0.25) is 11.8 Å². The molecule has 0 aliphatic carbocycles. The number of anilines is 2. The molecule has 0 heterocycles. The molecule has 0 saturated carbocycles. The van der Waals surface area contributed by atoms with Crippen molar-refractivity contribution in [3.05, 3.63) is 59.4 Å². The van der Waals surface area contributed by atoms with Crippen LogP contribution in [0.2, 0.25) is 5.02 Å². The van der Waals surface area contributed by atoms with Crippen LogP contribution in [0.3, 0.4) is 0 Å². The number of nitrogens with zero attached hydrogens (tertiary/aromatic N) is 1. The molecule has 0 unspecified atom stereocenters. The first kappa shape index (κ1) is 17.0. The van der Waals surface area contributed by atoms with Crippen LogP contribution >= 0.6 is 11.6 Å². The molecule has 0 radical (unpaired) electrons. The molecule has 1 N–H and O–H groups in total. The Balaban J connectivity index is 1.97. The predicted octanol–water partition coefficient (Wildman–Crippen LogP) is 3.86. The quantitative estimate of drug-likeness (QED) is 0.902. The summed E-state index contributed by atoms with van der Waals surface area (Å²) in [6.45, 7) is 1.60. The van der Waals surface area contributed by atoms with E-state index in [0.29, 0.717) is 16.4 Å². The minimum atomic E-state index is -0.379. The summed E-state index contributed by atoms with van der Waals surface area (Å²) < 4.78 is 13.0. The van der Waals surface area contributed by atoms with Gasteiger partial charge in [-0.25, -0.2) is 4.39 Å². The molecule has 6 heteroatoms. The smallest absolute Gasteiger partial charge is 0.226 e. The highest BCUT2D eigenvalue weighted by Gasteiger charge is 2.13. The average molecular weight is 335 g/mol. The standard InChI is InChI=1S/C17H16ClFN2O2/c1-12(22)21(16-7-5-14(19)6-8-16)10-9-17(23)20-15-4-2-3-13(18)11-15/h2-8,11H,9-10H2,1H3,(H,20,23). The molecule has 0 spiro atoms. The van der Waals surface area contributed by atoms with E-state index in [4.69, 9.17) is 11.6 Å². The fourth-order valence-corrected chi connectivity index (χ4v) is 2.28. The van der Waals surface area contributed by atoms with Crippen LogP contribution in [0.5, 0.6) is 0 Å². The highest BCUT2D eigenvalue weighted by Crippen LogP contribution is 2.17. The Kier molecular flexibility index (Phi) is 5.71. The molecule has 0 aromatic heterocycles. The van der Waals surface area contributed by atoms with Gasteiger partial charge in [-0.3, -0.25) is 9.59 Å². The molecule has 0 aliphatic heterocycles. The largest absolute Gasteiger partial charge is 0.326 e. The second-order valence-corrected chi connectivity index (χ2v) is 5.39. The van der Waals surface area contributed by atoms with E-state index in [-0.39, 0.29) is 30.6 Å². The molecule has 0 saturated heterocycles. The monoisotopic (exact) mass is 334 g/mol. The van der Waals surface area contributed by atoms with E-state index in [9.17, 15) is 14.0 Å². The predicted molar refractivity (Wildman–Crippen MR) is 89.1 cm³/mol. The van der Waals surface area contributed by atoms with Crippen LogP contribution in [0.1, 0.15) is 13.3 Å². The van der Waals surface area contributed by atoms with Gasteiger partial charge in [-0.05, 0) is 42.5 Å². The number of halogens is 2. The van der Waals surface area contributed by atoms with Crippen LogP contribution in [0.4, 0.5) is 15.8 Å². The molecule has 2 aromatic rings. The van der Waals surface area contributed by atoms with Crippen LogP contribution in [0.25, 0.3) is 0 Å². The van der Waals surface area contributed by atoms with Gasteiger partial charge in [0, 0.05) is 36.3 Å². The van der Waals surface area contributed by atoms with Gasteiger partial charge in [-0.2, -0.15) is 0 Å². The molecule has 2 rings (SSSR count). The molecule has 0 aliphatic rings. The SMILES string of the molecule is CC(=O)N(CCC(=O)Nc1cccc(Cl)c1)c1ccc(F)cc1. The maximum absolute atomic E-state index is 13.0. The molecule has 0 atom stereocenters. The van der Waals surface area contributed by atoms with E-state index in [2.05, 4.69) is 5.32 Å². The van der Waals surface area contributed by atoms with Crippen molar-refractivity contribution in [2.45, 2.75) is 13.3 Å². The van der Waals surface area contributed by atoms with E-state index in [1.54, 1.807) is 24.3 Å². The molecule has 0 fully saturated rings. The van der Waals surface area contributed by atoms with E-state index in [0.717, 1.165) is 0 Å². The maximum Gasteiger partial charge on any atom is 0.226 e. The highest BCUT2D eigenvalue weighted by molar-refractivity contribution is 6.30. The lowest BCUT2D eigenvalue weighted by Gasteiger charge is -2.21. The minimum absolute atomic E-state index is 0.115. The summed E-state index contributed by atoms with van der Waals surface area (Å²) in [5.41, 5.74) is 1.15. The third-order valence-electron chi connectivity index (χ3n) is 3.19. The number of carbonyl (C=O) groups is 2. The average Bonchev–Trinajstić information content (AvgIpc) is 2.49. The van der Waals surface area contributed by atoms with Crippen molar-refractivity contribution in [1.29, 1.82) is 0 Å². The highest BCUT2D eigenvalue weighted by atomic mass is 35.5. The van der Waals surface area contributed by atoms with E-state index in [1.807, 2.05) is 0 Å². The van der Waals surface area contributed by atoms with Gasteiger partial charge < -0.3 is 10.2 Å². The van der Waals surface area contributed by atoms with E-state index >= 15 is 0 Å². The first-order valence-corrected chi connectivity index (χ1v) is 7.42. The molecular formula is C17H16ClFN2O2. The number of hydrogen-bond acceptors (Lipinski definition) is 2. The van der Waals surface area contributed by atoms with Crippen molar-refractivity contribution >= 4 is 34.8 Å². The van der Waals surface area contributed by atoms with Crippen molar-refractivity contribution in [3.8, 4) is 0 Å². The third kappa shape index (κ3) is 5.07. The van der Waals surface area contributed by atoms with Crippen LogP contribution in [0, 0.1) is 5.82 Å². The third-order valence-corrected chi connectivity index (χ3v) is 3.42. The first-order valence-electron chi connectivity index (χ1n) is 7.05. The normalized spacial score (nSPS) is 10.2. The fraction of sp³-hybridized carbons (Fsp3) is 0.176. The summed E-state index contributed by atoms with van der Waals surface area (Å²) in [6, 6.07) is 12.4. The van der Waals surface area contributed by atoms with Crippen molar-refractivity contribution in [1.82, 2.24) is 0 Å². The fourth-order valence-electron chi connectivity index (χ4n) is 2.09. The second-order valence-electron chi connectivity index (χ2n) is 4.96. The van der Waals surface area contributed by atoms with Gasteiger partial charge in [0.15, 0.2) is 0 Å². The number of rotatable bonds is 5. The Hall–Kier alpha value is -2.40. The Morgan fingerprint density at radius 1 is 1.17 bits per heavy atom. The lowest BCUT2D eigenvalue weighted by molar-refractivity contribution is -0.117. The van der Waals surface area contributed by atoms with Crippen molar-refractivity contribution in [2.75, 3.05) is 16.8 Å². The first-order chi connectivity index (χ1) is 11.0. The number of benzene rings is 2. The van der Waals surface area contributed by atoms with Gasteiger partial charge in [-0.15, -0.1) is 0 Å². The number of amides is 2. The lowest BCUT2D eigenvalue weighted by Crippen LogP contribution is -2.31. The topological polar surface area (TPSA) is 49.4 Å². The van der Waals surface area contributed by atoms with Gasteiger partial charge in [-0.1, -0.05) is 17.7 Å². The zero-order valence-corrected chi connectivity index (χ0v) is 13.3. The number of nitrogens with one attached hydrogen (secondary N) is 1. The minimum Gasteiger partial charge on any atom is -0.326 e. The Labute approximate surface area is 138 Å². The molecule has 120 valence electrons. The van der Waals surface area contributed by atoms with Crippen LogP contribution in [-0.2, 0) is 9.59 Å². The van der Waals surface area contributed by atoms with Crippen molar-refractivity contribution < 1.29 is 14.0 Å². The van der Waals surface area contributed by atoms with E-state index in [1.165, 1.54) is 36.1 Å². The van der Waals surface area contributed by atoms with Crippen LogP contribution in [-0.4, -0.2) is 18.4 Å².